The number of benzene rings is 2. The molecule has 2 aromatic heterocycles. The number of hydrogen-bond acceptors (Lipinski definition) is 7. The van der Waals surface area contributed by atoms with E-state index >= 15 is 0 Å². The quantitative estimate of drug-likeness (QED) is 0.531. The fraction of sp³-hybridized carbons (Fsp3) is 0.105. The van der Waals surface area contributed by atoms with Crippen LogP contribution in [0.2, 0.25) is 0 Å². The number of aromatic amines is 1. The van der Waals surface area contributed by atoms with Gasteiger partial charge in [0.15, 0.2) is 22.0 Å². The van der Waals surface area contributed by atoms with E-state index in [9.17, 15) is 8.76 Å². The molecule has 1 unspecified atom stereocenters. The third-order valence-corrected chi connectivity index (χ3v) is 5.63. The average Bonchev–Trinajstić information content (AvgIpc) is 3.33. The van der Waals surface area contributed by atoms with Gasteiger partial charge in [0.1, 0.15) is 11.8 Å². The van der Waals surface area contributed by atoms with Crippen molar-refractivity contribution < 1.29 is 18.2 Å². The van der Waals surface area contributed by atoms with Gasteiger partial charge in [-0.3, -0.25) is 5.10 Å². The molecular formula is C19H14N4O4S. The molecule has 2 aromatic carbocycles. The molecule has 8 nitrogen and oxygen atoms in total. The number of aromatic nitrogens is 4. The predicted molar refractivity (Wildman–Crippen MR) is 102 cm³/mol. The van der Waals surface area contributed by atoms with Crippen LogP contribution in [0.4, 0.5) is 0 Å². The van der Waals surface area contributed by atoms with Crippen LogP contribution < -0.4 is 9.47 Å². The van der Waals surface area contributed by atoms with Gasteiger partial charge in [-0.1, -0.05) is 0 Å². The van der Waals surface area contributed by atoms with Gasteiger partial charge in [0, 0.05) is 11.1 Å². The number of nitrogens with zero attached hydrogens (tertiary/aromatic N) is 3. The van der Waals surface area contributed by atoms with Gasteiger partial charge in [-0.05, 0) is 42.5 Å². The molecule has 1 aliphatic rings. The highest BCUT2D eigenvalue weighted by Crippen LogP contribution is 2.37. The average molecular weight is 394 g/mol. The lowest BCUT2D eigenvalue weighted by Crippen LogP contribution is -2.06. The normalized spacial score (nSPS) is 14.9. The Morgan fingerprint density at radius 1 is 1.07 bits per heavy atom. The van der Waals surface area contributed by atoms with Gasteiger partial charge >= 0.3 is 0 Å². The second-order valence-electron chi connectivity index (χ2n) is 6.39. The lowest BCUT2D eigenvalue weighted by atomic mass is 10.1. The first kappa shape index (κ1) is 16.8. The van der Waals surface area contributed by atoms with Crippen LogP contribution in [0.25, 0.3) is 33.7 Å². The standard InChI is InChI=1S/C19H14N4O4S/c1-28(24,25)13-5-2-11(3-6-13)14-9-20-19-18(21-14)17(22-23-19)12-4-7-15-16(8-12)27-10-26-15/h2-9H,10H2,1H3,(H-,20,22,23,24,25). The van der Waals surface area contributed by atoms with Crippen LogP contribution >= 0.6 is 0 Å². The number of fused-ring (bicyclic) bond motifs is 2. The van der Waals surface area contributed by atoms with E-state index in [0.717, 1.165) is 16.8 Å². The smallest absolute Gasteiger partial charge is 0.231 e. The van der Waals surface area contributed by atoms with Crippen molar-refractivity contribution in [2.45, 2.75) is 4.90 Å². The SMILES string of the molecule is C[S+](=O)([O-])c1ccc(-c2cnc3n[nH]c(-c4ccc5c(c4)OCO5)c3n2)cc1. The Morgan fingerprint density at radius 3 is 2.61 bits per heavy atom. The Bertz CT molecular complexity index is 1250. The Kier molecular flexibility index (Phi) is 3.68. The number of nitrogens with one attached hydrogen (secondary N) is 1. The van der Waals surface area contributed by atoms with E-state index in [0.29, 0.717) is 28.4 Å². The van der Waals surface area contributed by atoms with Gasteiger partial charge in [0.05, 0.1) is 27.8 Å². The highest BCUT2D eigenvalue weighted by molar-refractivity contribution is 7.97. The Labute approximate surface area is 160 Å². The number of H-pyrrole nitrogens is 1. The molecule has 5 rings (SSSR count). The van der Waals surface area contributed by atoms with Gasteiger partial charge in [0.25, 0.3) is 0 Å². The van der Waals surface area contributed by atoms with Crippen LogP contribution in [0.3, 0.4) is 0 Å². The van der Waals surface area contributed by atoms with Gasteiger partial charge in [0.2, 0.25) is 6.79 Å². The molecule has 1 atom stereocenters. The minimum atomic E-state index is -3.25. The van der Waals surface area contributed by atoms with Crippen LogP contribution in [0.15, 0.2) is 53.6 Å². The van der Waals surface area contributed by atoms with Crippen LogP contribution in [0.5, 0.6) is 11.5 Å². The van der Waals surface area contributed by atoms with Crippen molar-refractivity contribution in [2.75, 3.05) is 13.0 Å². The third-order valence-electron chi connectivity index (χ3n) is 4.50. The van der Waals surface area contributed by atoms with Crippen LogP contribution in [-0.4, -0.2) is 37.8 Å². The summed E-state index contributed by atoms with van der Waals surface area (Å²) in [6.45, 7) is 0.204. The first-order chi connectivity index (χ1) is 13.5. The van der Waals surface area contributed by atoms with Crippen LogP contribution in [0, 0.1) is 0 Å². The molecule has 1 aliphatic heterocycles. The van der Waals surface area contributed by atoms with E-state index in [1.54, 1.807) is 30.5 Å². The number of rotatable bonds is 3. The molecule has 0 fully saturated rings. The molecule has 0 radical (unpaired) electrons. The summed E-state index contributed by atoms with van der Waals surface area (Å²) < 4.78 is 34.1. The minimum Gasteiger partial charge on any atom is -0.610 e. The molecule has 28 heavy (non-hydrogen) atoms. The summed E-state index contributed by atoms with van der Waals surface area (Å²) in [5.74, 6) is 1.37. The van der Waals surface area contributed by atoms with Gasteiger partial charge < -0.3 is 14.0 Å². The molecular weight excluding hydrogens is 380 g/mol. The van der Waals surface area contributed by atoms with Crippen LogP contribution in [-0.2, 0) is 14.4 Å². The maximum absolute atomic E-state index is 11.6. The summed E-state index contributed by atoms with van der Waals surface area (Å²) in [5.41, 5.74) is 4.06. The summed E-state index contributed by atoms with van der Waals surface area (Å²) in [5, 5.41) is 7.20. The zero-order valence-corrected chi connectivity index (χ0v) is 15.5. The third kappa shape index (κ3) is 2.81. The molecule has 0 spiro atoms. The van der Waals surface area contributed by atoms with E-state index in [1.165, 1.54) is 6.26 Å². The number of ether oxygens (including phenoxy) is 2. The summed E-state index contributed by atoms with van der Waals surface area (Å²) in [7, 11) is -3.25. The summed E-state index contributed by atoms with van der Waals surface area (Å²) in [4.78, 5) is 9.32. The first-order valence-electron chi connectivity index (χ1n) is 8.41. The largest absolute Gasteiger partial charge is 0.610 e. The molecule has 3 heterocycles. The highest BCUT2D eigenvalue weighted by Gasteiger charge is 2.18. The number of sulfone groups is 1. The predicted octanol–water partition coefficient (Wildman–Crippen LogP) is 3.03. The second kappa shape index (κ2) is 6.11. The number of hydrogen-bond donors (Lipinski definition) is 1. The van der Waals surface area contributed by atoms with Crippen molar-refractivity contribution in [2.24, 2.45) is 0 Å². The van der Waals surface area contributed by atoms with Crippen molar-refractivity contribution in [3.63, 3.8) is 0 Å². The Morgan fingerprint density at radius 2 is 1.82 bits per heavy atom. The van der Waals surface area contributed by atoms with Crippen molar-refractivity contribution in [1.29, 1.82) is 0 Å². The van der Waals surface area contributed by atoms with Crippen molar-refractivity contribution >= 4 is 21.4 Å². The van der Waals surface area contributed by atoms with Gasteiger partial charge in [-0.25, -0.2) is 9.97 Å². The minimum absolute atomic E-state index is 0.204. The lowest BCUT2D eigenvalue weighted by molar-refractivity contribution is 0.174. The van der Waals surface area contributed by atoms with Gasteiger partial charge in [-0.2, -0.15) is 5.10 Å². The molecule has 140 valence electrons. The van der Waals surface area contributed by atoms with E-state index in [1.807, 2.05) is 18.2 Å². The molecule has 4 aromatic rings. The topological polar surface area (TPSA) is 113 Å². The lowest BCUT2D eigenvalue weighted by Gasteiger charge is -2.09. The zero-order chi connectivity index (χ0) is 19.3. The Balaban J connectivity index is 1.58. The van der Waals surface area contributed by atoms with E-state index < -0.39 is 10.2 Å². The van der Waals surface area contributed by atoms with Crippen molar-refractivity contribution in [3.05, 3.63) is 48.7 Å². The fourth-order valence-corrected chi connectivity index (χ4v) is 3.69. The molecule has 0 saturated heterocycles. The Hall–Kier alpha value is -3.30. The van der Waals surface area contributed by atoms with E-state index in [2.05, 4.69) is 20.2 Å². The molecule has 1 N–H and O–H groups in total. The van der Waals surface area contributed by atoms with E-state index in [4.69, 9.17) is 9.47 Å². The first-order valence-corrected chi connectivity index (χ1v) is 10.3. The van der Waals surface area contributed by atoms with Gasteiger partial charge in [-0.15, -0.1) is 4.21 Å². The molecule has 9 heteroatoms. The van der Waals surface area contributed by atoms with Crippen LogP contribution in [0.1, 0.15) is 0 Å². The maximum Gasteiger partial charge on any atom is 0.231 e. The highest BCUT2D eigenvalue weighted by atomic mass is 32.3. The zero-order valence-electron chi connectivity index (χ0n) is 14.7. The second-order valence-corrected chi connectivity index (χ2v) is 8.41. The maximum atomic E-state index is 11.6. The molecule has 0 bridgehead atoms. The van der Waals surface area contributed by atoms with Crippen molar-refractivity contribution in [1.82, 2.24) is 20.2 Å². The summed E-state index contributed by atoms with van der Waals surface area (Å²) in [6.07, 6.45) is 2.79. The monoisotopic (exact) mass is 394 g/mol. The molecule has 0 aliphatic carbocycles. The van der Waals surface area contributed by atoms with E-state index in [-0.39, 0.29) is 11.7 Å². The summed E-state index contributed by atoms with van der Waals surface area (Å²) >= 11 is 0. The van der Waals surface area contributed by atoms with Crippen molar-refractivity contribution in [3.8, 4) is 34.0 Å². The summed E-state index contributed by atoms with van der Waals surface area (Å²) in [6, 6.07) is 12.2. The molecule has 0 saturated carbocycles. The molecule has 0 amide bonds. The fourth-order valence-electron chi connectivity index (χ4n) is 3.06.